The maximum atomic E-state index is 12.9. The predicted molar refractivity (Wildman–Crippen MR) is 131 cm³/mol. The van der Waals surface area contributed by atoms with Gasteiger partial charge in [0.1, 0.15) is 16.9 Å². The molecular formula is C24H23N5O4S. The normalized spacial score (nSPS) is 11.8. The number of amides is 2. The molecule has 4 aromatic rings. The molecule has 1 atom stereocenters. The molecule has 34 heavy (non-hydrogen) atoms. The number of carbonyl (C=O) groups is 2. The van der Waals surface area contributed by atoms with Gasteiger partial charge in [0.15, 0.2) is 6.10 Å². The van der Waals surface area contributed by atoms with E-state index in [-0.39, 0.29) is 12.5 Å². The molecule has 0 unspecified atom stereocenters. The highest BCUT2D eigenvalue weighted by Crippen LogP contribution is 2.24. The molecule has 4 rings (SSSR count). The Balaban J connectivity index is 1.48. The Bertz CT molecular complexity index is 1310. The van der Waals surface area contributed by atoms with Crippen molar-refractivity contribution in [1.29, 1.82) is 0 Å². The molecule has 2 N–H and O–H groups in total. The highest BCUT2D eigenvalue weighted by Gasteiger charge is 2.18. The number of rotatable bonds is 8. The number of fused-ring (bicyclic) bond motifs is 1. The van der Waals surface area contributed by atoms with Gasteiger partial charge in [-0.05, 0) is 36.8 Å². The Morgan fingerprint density at radius 2 is 1.85 bits per heavy atom. The summed E-state index contributed by atoms with van der Waals surface area (Å²) in [6.07, 6.45) is -0.600. The summed E-state index contributed by atoms with van der Waals surface area (Å²) >= 11 is 1.09. The molecule has 0 bridgehead atoms. The van der Waals surface area contributed by atoms with Crippen molar-refractivity contribution in [2.24, 2.45) is 0 Å². The lowest BCUT2D eigenvalue weighted by atomic mass is 10.0. The zero-order valence-electron chi connectivity index (χ0n) is 18.6. The third kappa shape index (κ3) is 5.19. The van der Waals surface area contributed by atoms with Crippen molar-refractivity contribution in [3.8, 4) is 11.3 Å². The fourth-order valence-electron chi connectivity index (χ4n) is 3.43. The van der Waals surface area contributed by atoms with Crippen LogP contribution in [-0.2, 0) is 16.0 Å². The molecule has 2 amide bonds. The second-order valence-corrected chi connectivity index (χ2v) is 8.02. The maximum absolute atomic E-state index is 12.9. The van der Waals surface area contributed by atoms with E-state index in [1.165, 1.54) is 4.90 Å². The monoisotopic (exact) mass is 477 g/mol. The van der Waals surface area contributed by atoms with Crippen LogP contribution >= 0.6 is 11.7 Å². The van der Waals surface area contributed by atoms with E-state index in [0.29, 0.717) is 29.3 Å². The SMILES string of the molecule is CCO[C@@H](Cc1ccc(-c2cccc(N(C)C(=O)Nc3cccc4nsnc34)n2)cc1)C(=O)O. The summed E-state index contributed by atoms with van der Waals surface area (Å²) in [4.78, 5) is 30.2. The number of carboxylic acid groups (broad SMARTS) is 1. The van der Waals surface area contributed by atoms with Crippen molar-refractivity contribution in [2.45, 2.75) is 19.4 Å². The van der Waals surface area contributed by atoms with Gasteiger partial charge in [-0.1, -0.05) is 36.4 Å². The number of benzene rings is 2. The Kier molecular flexibility index (Phi) is 7.09. The van der Waals surface area contributed by atoms with Crippen LogP contribution in [0.2, 0.25) is 0 Å². The van der Waals surface area contributed by atoms with Gasteiger partial charge in [-0.3, -0.25) is 4.90 Å². The second kappa shape index (κ2) is 10.4. The summed E-state index contributed by atoms with van der Waals surface area (Å²) in [6, 6.07) is 18.0. The fourth-order valence-corrected chi connectivity index (χ4v) is 3.97. The smallest absolute Gasteiger partial charge is 0.333 e. The Labute approximate surface area is 200 Å². The van der Waals surface area contributed by atoms with Crippen LogP contribution in [-0.4, -0.2) is 50.6 Å². The van der Waals surface area contributed by atoms with E-state index in [1.807, 2.05) is 48.5 Å². The van der Waals surface area contributed by atoms with Crippen molar-refractivity contribution in [3.63, 3.8) is 0 Å². The van der Waals surface area contributed by atoms with E-state index in [4.69, 9.17) is 4.74 Å². The van der Waals surface area contributed by atoms with Gasteiger partial charge in [0.2, 0.25) is 0 Å². The highest BCUT2D eigenvalue weighted by atomic mass is 32.1. The molecule has 174 valence electrons. The second-order valence-electron chi connectivity index (χ2n) is 7.49. The van der Waals surface area contributed by atoms with Gasteiger partial charge in [-0.25, -0.2) is 14.6 Å². The molecule has 0 aliphatic carbocycles. The Morgan fingerprint density at radius 1 is 1.09 bits per heavy atom. The van der Waals surface area contributed by atoms with E-state index in [9.17, 15) is 14.7 Å². The molecule has 0 spiro atoms. The van der Waals surface area contributed by atoms with Crippen molar-refractivity contribution in [1.82, 2.24) is 13.7 Å². The van der Waals surface area contributed by atoms with Crippen LogP contribution in [0.3, 0.4) is 0 Å². The number of nitrogens with zero attached hydrogens (tertiary/aromatic N) is 4. The van der Waals surface area contributed by atoms with Crippen molar-refractivity contribution in [2.75, 3.05) is 23.9 Å². The summed E-state index contributed by atoms with van der Waals surface area (Å²) in [7, 11) is 1.64. The molecule has 0 aliphatic heterocycles. The largest absolute Gasteiger partial charge is 0.479 e. The van der Waals surface area contributed by atoms with Crippen LogP contribution in [0, 0.1) is 0 Å². The Morgan fingerprint density at radius 3 is 2.59 bits per heavy atom. The minimum Gasteiger partial charge on any atom is -0.479 e. The molecular weight excluding hydrogens is 454 g/mol. The Hall–Kier alpha value is -3.89. The standard InChI is InChI=1S/C24H23N5O4S/c1-3-33-20(23(30)31)14-15-10-12-16(13-11-15)17-6-5-9-21(25-17)29(2)24(32)26-18-7-4-8-19-22(18)28-34-27-19/h4-13,20H,3,14H2,1-2H3,(H,26,32)(H,30,31)/t20-/m0/s1. The molecule has 0 radical (unpaired) electrons. The van der Waals surface area contributed by atoms with Crippen LogP contribution in [0.5, 0.6) is 0 Å². The number of carbonyl (C=O) groups excluding carboxylic acids is 1. The number of nitrogens with one attached hydrogen (secondary N) is 1. The first-order valence-corrected chi connectivity index (χ1v) is 11.4. The number of pyridine rings is 1. The van der Waals surface area contributed by atoms with Crippen molar-refractivity contribution >= 4 is 46.3 Å². The van der Waals surface area contributed by atoms with Gasteiger partial charge in [0, 0.05) is 25.6 Å². The molecule has 0 aliphatic rings. The molecule has 9 nitrogen and oxygen atoms in total. The third-order valence-electron chi connectivity index (χ3n) is 5.22. The average Bonchev–Trinajstić information content (AvgIpc) is 3.34. The first-order chi connectivity index (χ1) is 16.5. The highest BCUT2D eigenvalue weighted by molar-refractivity contribution is 7.00. The fraction of sp³-hybridized carbons (Fsp3) is 0.208. The number of aromatic nitrogens is 3. The summed E-state index contributed by atoms with van der Waals surface area (Å²) in [5.41, 5.74) is 4.34. The summed E-state index contributed by atoms with van der Waals surface area (Å²) in [5.74, 6) is -0.506. The third-order valence-corrected chi connectivity index (χ3v) is 5.77. The summed E-state index contributed by atoms with van der Waals surface area (Å²) in [5, 5.41) is 12.1. The first kappa shape index (κ1) is 23.3. The van der Waals surface area contributed by atoms with E-state index < -0.39 is 12.1 Å². The molecule has 10 heteroatoms. The van der Waals surface area contributed by atoms with Crippen molar-refractivity contribution in [3.05, 3.63) is 66.2 Å². The van der Waals surface area contributed by atoms with Gasteiger partial charge in [-0.2, -0.15) is 8.75 Å². The van der Waals surface area contributed by atoms with Gasteiger partial charge < -0.3 is 15.2 Å². The van der Waals surface area contributed by atoms with Gasteiger partial charge in [-0.15, -0.1) is 0 Å². The molecule has 0 fully saturated rings. The number of anilines is 2. The number of hydrogen-bond acceptors (Lipinski definition) is 7. The molecule has 2 aromatic heterocycles. The lowest BCUT2D eigenvalue weighted by Crippen LogP contribution is -2.31. The van der Waals surface area contributed by atoms with Gasteiger partial charge in [0.05, 0.1) is 23.1 Å². The average molecular weight is 478 g/mol. The maximum Gasteiger partial charge on any atom is 0.333 e. The zero-order chi connectivity index (χ0) is 24.1. The molecule has 2 aromatic carbocycles. The predicted octanol–water partition coefficient (Wildman–Crippen LogP) is 4.45. The molecule has 2 heterocycles. The van der Waals surface area contributed by atoms with Crippen LogP contribution in [0.15, 0.2) is 60.7 Å². The lowest BCUT2D eigenvalue weighted by molar-refractivity contribution is -0.149. The van der Waals surface area contributed by atoms with Gasteiger partial charge in [0.25, 0.3) is 0 Å². The number of ether oxygens (including phenoxy) is 1. The number of urea groups is 1. The van der Waals surface area contributed by atoms with Crippen LogP contribution < -0.4 is 10.2 Å². The van der Waals surface area contributed by atoms with Gasteiger partial charge >= 0.3 is 12.0 Å². The van der Waals surface area contributed by atoms with E-state index in [2.05, 4.69) is 19.0 Å². The molecule has 0 saturated carbocycles. The lowest BCUT2D eigenvalue weighted by Gasteiger charge is -2.18. The van der Waals surface area contributed by atoms with E-state index in [1.54, 1.807) is 26.1 Å². The first-order valence-electron chi connectivity index (χ1n) is 10.6. The summed E-state index contributed by atoms with van der Waals surface area (Å²) < 4.78 is 13.7. The minimum absolute atomic E-state index is 0.279. The van der Waals surface area contributed by atoms with Crippen LogP contribution in [0.25, 0.3) is 22.3 Å². The van der Waals surface area contributed by atoms with Crippen LogP contribution in [0.1, 0.15) is 12.5 Å². The molecule has 0 saturated heterocycles. The topological polar surface area (TPSA) is 118 Å². The number of hydrogen-bond donors (Lipinski definition) is 2. The summed E-state index contributed by atoms with van der Waals surface area (Å²) in [6.45, 7) is 2.11. The number of aliphatic carboxylic acids is 1. The quantitative estimate of drug-likeness (QED) is 0.385. The minimum atomic E-state index is -0.983. The van der Waals surface area contributed by atoms with E-state index in [0.717, 1.165) is 28.4 Å². The van der Waals surface area contributed by atoms with Crippen LogP contribution in [0.4, 0.5) is 16.3 Å². The zero-order valence-corrected chi connectivity index (χ0v) is 19.5. The van der Waals surface area contributed by atoms with E-state index >= 15 is 0 Å². The van der Waals surface area contributed by atoms with Crippen molar-refractivity contribution < 1.29 is 19.4 Å². The number of carboxylic acids is 1.